The third-order valence-corrected chi connectivity index (χ3v) is 5.18. The van der Waals surface area contributed by atoms with Crippen molar-refractivity contribution in [1.82, 2.24) is 20.6 Å². The number of nitrogens with zero attached hydrogens (tertiary/aromatic N) is 3. The maximum atomic E-state index is 11.7. The minimum absolute atomic E-state index is 0.199. The minimum atomic E-state index is -0.199. The summed E-state index contributed by atoms with van der Waals surface area (Å²) in [4.78, 5) is 25.7. The number of hydrogen-bond acceptors (Lipinski definition) is 5. The van der Waals surface area contributed by atoms with Crippen molar-refractivity contribution < 1.29 is 4.79 Å². The predicted octanol–water partition coefficient (Wildman–Crippen LogP) is 4.82. The van der Waals surface area contributed by atoms with Gasteiger partial charge in [0.2, 0.25) is 0 Å². The van der Waals surface area contributed by atoms with E-state index in [0.29, 0.717) is 12.4 Å². The fraction of sp³-hybridized carbons (Fsp3) is 0.182. The SMILES string of the molecule is C=Nc1cc(-c2cncc(C)c2)cc(-c2ccccn2)c1SCNC(=O)NCC. The van der Waals surface area contributed by atoms with Gasteiger partial charge in [-0.05, 0) is 62.0 Å². The molecule has 0 saturated heterocycles. The number of hydrogen-bond donors (Lipinski definition) is 2. The number of rotatable bonds is 7. The Morgan fingerprint density at radius 1 is 1.17 bits per heavy atom. The Hall–Kier alpha value is -3.19. The summed E-state index contributed by atoms with van der Waals surface area (Å²) in [6.07, 6.45) is 5.42. The van der Waals surface area contributed by atoms with Crippen LogP contribution in [0.15, 0.2) is 64.9 Å². The molecule has 2 heterocycles. The molecule has 0 saturated carbocycles. The number of benzene rings is 1. The van der Waals surface area contributed by atoms with Crippen LogP contribution in [0.5, 0.6) is 0 Å². The van der Waals surface area contributed by atoms with Crippen LogP contribution >= 0.6 is 11.8 Å². The Morgan fingerprint density at radius 2 is 2.03 bits per heavy atom. The number of pyridine rings is 2. The monoisotopic (exact) mass is 405 g/mol. The van der Waals surface area contributed by atoms with Crippen molar-refractivity contribution in [3.63, 3.8) is 0 Å². The summed E-state index contributed by atoms with van der Waals surface area (Å²) in [6, 6.07) is 11.8. The molecule has 148 valence electrons. The first-order chi connectivity index (χ1) is 14.1. The Labute approximate surface area is 174 Å². The van der Waals surface area contributed by atoms with Crippen LogP contribution in [0.2, 0.25) is 0 Å². The summed E-state index contributed by atoms with van der Waals surface area (Å²) in [6.45, 7) is 8.22. The molecule has 6 nitrogen and oxygen atoms in total. The molecule has 29 heavy (non-hydrogen) atoms. The number of urea groups is 1. The average molecular weight is 406 g/mol. The van der Waals surface area contributed by atoms with Gasteiger partial charge < -0.3 is 10.6 Å². The second kappa shape index (κ2) is 9.84. The maximum absolute atomic E-state index is 11.7. The third-order valence-electron chi connectivity index (χ3n) is 4.18. The van der Waals surface area contributed by atoms with E-state index in [2.05, 4.69) is 44.4 Å². The van der Waals surface area contributed by atoms with Crippen LogP contribution in [0, 0.1) is 6.92 Å². The molecular weight excluding hydrogens is 382 g/mol. The Balaban J connectivity index is 2.04. The van der Waals surface area contributed by atoms with Gasteiger partial charge in [0.1, 0.15) is 0 Å². The lowest BCUT2D eigenvalue weighted by atomic mass is 10.0. The van der Waals surface area contributed by atoms with Crippen LogP contribution in [0.1, 0.15) is 12.5 Å². The molecule has 0 spiro atoms. The highest BCUT2D eigenvalue weighted by Crippen LogP contribution is 2.41. The summed E-state index contributed by atoms with van der Waals surface area (Å²) < 4.78 is 0. The molecule has 0 aliphatic carbocycles. The number of aliphatic imine (C=N–C) groups is 1. The van der Waals surface area contributed by atoms with Crippen molar-refractivity contribution in [2.45, 2.75) is 18.7 Å². The first-order valence-corrected chi connectivity index (χ1v) is 10.2. The Morgan fingerprint density at radius 3 is 2.72 bits per heavy atom. The van der Waals surface area contributed by atoms with Gasteiger partial charge in [-0.25, -0.2) is 4.79 Å². The second-order valence-corrected chi connectivity index (χ2v) is 7.31. The van der Waals surface area contributed by atoms with E-state index in [1.165, 1.54) is 11.8 Å². The van der Waals surface area contributed by atoms with Crippen LogP contribution < -0.4 is 10.6 Å². The molecule has 0 unspecified atom stereocenters. The number of carbonyl (C=O) groups excluding carboxylic acids is 1. The Bertz CT molecular complexity index is 1010. The molecule has 0 atom stereocenters. The lowest BCUT2D eigenvalue weighted by molar-refractivity contribution is 0.243. The van der Waals surface area contributed by atoms with Crippen LogP contribution in [-0.2, 0) is 0 Å². The number of nitrogens with one attached hydrogen (secondary N) is 2. The normalized spacial score (nSPS) is 10.4. The van der Waals surface area contributed by atoms with E-state index in [4.69, 9.17) is 0 Å². The van der Waals surface area contributed by atoms with Crippen molar-refractivity contribution in [3.8, 4) is 22.4 Å². The van der Waals surface area contributed by atoms with Crippen molar-refractivity contribution in [3.05, 3.63) is 60.6 Å². The molecule has 2 N–H and O–H groups in total. The molecule has 0 bridgehead atoms. The number of amides is 2. The molecular formula is C22H23N5OS. The topological polar surface area (TPSA) is 79.3 Å². The number of carbonyl (C=O) groups is 1. The number of thioether (sulfide) groups is 1. The van der Waals surface area contributed by atoms with Crippen LogP contribution in [0.3, 0.4) is 0 Å². The first-order valence-electron chi connectivity index (χ1n) is 9.25. The van der Waals surface area contributed by atoms with E-state index in [-0.39, 0.29) is 6.03 Å². The molecule has 2 aromatic heterocycles. The molecule has 3 rings (SSSR count). The van der Waals surface area contributed by atoms with Gasteiger partial charge in [-0.3, -0.25) is 15.0 Å². The molecule has 2 amide bonds. The van der Waals surface area contributed by atoms with Gasteiger partial charge in [-0.15, -0.1) is 11.8 Å². The predicted molar refractivity (Wildman–Crippen MR) is 120 cm³/mol. The second-order valence-electron chi connectivity index (χ2n) is 6.32. The van der Waals surface area contributed by atoms with E-state index in [1.807, 2.05) is 50.5 Å². The van der Waals surface area contributed by atoms with Gasteiger partial charge >= 0.3 is 6.03 Å². The van der Waals surface area contributed by atoms with Crippen LogP contribution in [0.25, 0.3) is 22.4 Å². The Kier molecular flexibility index (Phi) is 6.97. The van der Waals surface area contributed by atoms with E-state index in [1.54, 1.807) is 6.20 Å². The molecule has 1 aromatic carbocycles. The number of aryl methyl sites for hydroxylation is 1. The highest BCUT2D eigenvalue weighted by molar-refractivity contribution is 7.99. The van der Waals surface area contributed by atoms with E-state index in [0.717, 1.165) is 38.5 Å². The summed E-state index contributed by atoms with van der Waals surface area (Å²) in [5, 5.41) is 5.56. The highest BCUT2D eigenvalue weighted by Gasteiger charge is 2.15. The summed E-state index contributed by atoms with van der Waals surface area (Å²) in [7, 11) is 0. The fourth-order valence-corrected chi connectivity index (χ4v) is 3.81. The third kappa shape index (κ3) is 5.20. The molecule has 7 heteroatoms. The van der Waals surface area contributed by atoms with Gasteiger partial charge in [0.05, 0.1) is 17.3 Å². The quantitative estimate of drug-likeness (QED) is 0.336. The lowest BCUT2D eigenvalue weighted by Crippen LogP contribution is -2.34. The van der Waals surface area contributed by atoms with E-state index in [9.17, 15) is 4.79 Å². The molecule has 0 aliphatic rings. The molecule has 0 radical (unpaired) electrons. The van der Waals surface area contributed by atoms with Crippen molar-refractivity contribution in [2.24, 2.45) is 4.99 Å². The van der Waals surface area contributed by atoms with Gasteiger partial charge in [0.25, 0.3) is 0 Å². The summed E-state index contributed by atoms with van der Waals surface area (Å²) in [5.74, 6) is 0.402. The zero-order valence-electron chi connectivity index (χ0n) is 16.5. The van der Waals surface area contributed by atoms with Crippen molar-refractivity contribution in [2.75, 3.05) is 12.4 Å². The van der Waals surface area contributed by atoms with Crippen molar-refractivity contribution in [1.29, 1.82) is 0 Å². The van der Waals surface area contributed by atoms with Crippen LogP contribution in [0.4, 0.5) is 10.5 Å². The van der Waals surface area contributed by atoms with Gasteiger partial charge in [0.15, 0.2) is 0 Å². The lowest BCUT2D eigenvalue weighted by Gasteiger charge is -2.15. The molecule has 0 aliphatic heterocycles. The minimum Gasteiger partial charge on any atom is -0.338 e. The van der Waals surface area contributed by atoms with E-state index < -0.39 is 0 Å². The molecule has 3 aromatic rings. The first kappa shape index (κ1) is 20.5. The van der Waals surface area contributed by atoms with Gasteiger partial charge in [0, 0.05) is 41.2 Å². The summed E-state index contributed by atoms with van der Waals surface area (Å²) >= 11 is 1.49. The largest absolute Gasteiger partial charge is 0.338 e. The van der Waals surface area contributed by atoms with Crippen LogP contribution in [-0.4, -0.2) is 35.1 Å². The smallest absolute Gasteiger partial charge is 0.315 e. The standard InChI is InChI=1S/C22H23N5OS/c1-4-25-22(28)27-14-29-21-18(19-7-5-6-8-26-19)10-16(11-20(21)23-3)17-9-15(2)12-24-13-17/h5-13H,3-4,14H2,1-2H3,(H2,25,27,28). The zero-order valence-corrected chi connectivity index (χ0v) is 17.3. The van der Waals surface area contributed by atoms with Gasteiger partial charge in [-0.2, -0.15) is 0 Å². The van der Waals surface area contributed by atoms with Crippen molar-refractivity contribution >= 4 is 30.2 Å². The fourth-order valence-electron chi connectivity index (χ4n) is 2.87. The average Bonchev–Trinajstić information content (AvgIpc) is 2.74. The maximum Gasteiger partial charge on any atom is 0.315 e. The highest BCUT2D eigenvalue weighted by atomic mass is 32.2. The number of aromatic nitrogens is 2. The van der Waals surface area contributed by atoms with Gasteiger partial charge in [-0.1, -0.05) is 6.07 Å². The summed E-state index contributed by atoms with van der Waals surface area (Å²) in [5.41, 5.74) is 5.59. The molecule has 0 fully saturated rings. The van der Waals surface area contributed by atoms with E-state index >= 15 is 0 Å². The zero-order chi connectivity index (χ0) is 20.6.